The lowest BCUT2D eigenvalue weighted by atomic mass is 10.1. The van der Waals surface area contributed by atoms with Crippen LogP contribution in [-0.4, -0.2) is 30.2 Å². The molecule has 1 aromatic rings. The monoisotopic (exact) mass is 337 g/mol. The number of carbonyl (C=O) groups is 2. The molecule has 7 heteroatoms. The van der Waals surface area contributed by atoms with Gasteiger partial charge in [0.15, 0.2) is 0 Å². The molecule has 2 amide bonds. The highest BCUT2D eigenvalue weighted by Crippen LogP contribution is 2.13. The number of nitrogens with zero attached hydrogens (tertiary/aromatic N) is 1. The third-order valence-corrected chi connectivity index (χ3v) is 2.91. The summed E-state index contributed by atoms with van der Waals surface area (Å²) in [5.41, 5.74) is 0.110. The van der Waals surface area contributed by atoms with Gasteiger partial charge in [0.25, 0.3) is 0 Å². The van der Waals surface area contributed by atoms with Crippen LogP contribution in [0.2, 0.25) is 5.02 Å². The third kappa shape index (κ3) is 7.52. The molecule has 0 aliphatic carbocycles. The number of nitrogens with one attached hydrogen (secondary N) is 2. The van der Waals surface area contributed by atoms with Gasteiger partial charge in [0.05, 0.1) is 6.07 Å². The van der Waals surface area contributed by atoms with Crippen LogP contribution in [0.5, 0.6) is 0 Å². The van der Waals surface area contributed by atoms with Gasteiger partial charge >= 0.3 is 6.09 Å². The van der Waals surface area contributed by atoms with Gasteiger partial charge in [0, 0.05) is 11.4 Å². The van der Waals surface area contributed by atoms with E-state index in [0.29, 0.717) is 5.02 Å². The van der Waals surface area contributed by atoms with E-state index in [1.165, 1.54) is 0 Å². The Bertz CT molecular complexity index is 605. The smallest absolute Gasteiger partial charge is 0.408 e. The van der Waals surface area contributed by atoms with Gasteiger partial charge < -0.3 is 15.4 Å². The van der Waals surface area contributed by atoms with E-state index >= 15 is 0 Å². The third-order valence-electron chi connectivity index (χ3n) is 2.68. The zero-order chi connectivity index (χ0) is 17.5. The summed E-state index contributed by atoms with van der Waals surface area (Å²) in [6.07, 6.45) is -0.464. The number of carbonyl (C=O) groups excluding carboxylic acids is 2. The van der Waals surface area contributed by atoms with Crippen molar-refractivity contribution in [2.24, 2.45) is 0 Å². The summed E-state index contributed by atoms with van der Waals surface area (Å²) < 4.78 is 5.16. The first-order chi connectivity index (χ1) is 10.7. The average molecular weight is 338 g/mol. The minimum absolute atomic E-state index is 0.138. The molecule has 0 radical (unpaired) electrons. The number of hydrogen-bond acceptors (Lipinski definition) is 4. The van der Waals surface area contributed by atoms with Gasteiger partial charge in [-0.1, -0.05) is 23.7 Å². The lowest BCUT2D eigenvalue weighted by molar-refractivity contribution is -0.122. The molecule has 23 heavy (non-hydrogen) atoms. The molecule has 0 saturated heterocycles. The topological polar surface area (TPSA) is 91.2 Å². The van der Waals surface area contributed by atoms with Crippen LogP contribution in [0.25, 0.3) is 0 Å². The van der Waals surface area contributed by atoms with Gasteiger partial charge in [-0.15, -0.1) is 0 Å². The molecular weight excluding hydrogens is 318 g/mol. The van der Waals surface area contributed by atoms with Crippen molar-refractivity contribution in [3.8, 4) is 6.07 Å². The molecule has 1 aromatic carbocycles. The molecule has 0 aromatic heterocycles. The highest BCUT2D eigenvalue weighted by Gasteiger charge is 2.24. The summed E-state index contributed by atoms with van der Waals surface area (Å²) in [6, 6.07) is 7.95. The summed E-state index contributed by atoms with van der Waals surface area (Å²) in [6.45, 7) is 5.05. The van der Waals surface area contributed by atoms with Crippen molar-refractivity contribution in [2.45, 2.75) is 38.8 Å². The van der Waals surface area contributed by atoms with Gasteiger partial charge in [0.1, 0.15) is 18.2 Å². The fourth-order valence-corrected chi connectivity index (χ4v) is 2.02. The molecule has 1 atom stereocenters. The van der Waals surface area contributed by atoms with Crippen molar-refractivity contribution in [3.05, 3.63) is 34.9 Å². The quantitative estimate of drug-likeness (QED) is 0.807. The Morgan fingerprint density at radius 1 is 1.39 bits per heavy atom. The van der Waals surface area contributed by atoms with E-state index in [-0.39, 0.29) is 13.0 Å². The number of halogens is 1. The van der Waals surface area contributed by atoms with E-state index in [4.69, 9.17) is 21.6 Å². The van der Waals surface area contributed by atoms with E-state index in [2.05, 4.69) is 10.6 Å². The van der Waals surface area contributed by atoms with Crippen LogP contribution < -0.4 is 10.6 Å². The normalized spacial score (nSPS) is 12.0. The van der Waals surface area contributed by atoms with Crippen LogP contribution in [0.1, 0.15) is 26.3 Å². The predicted octanol–water partition coefficient (Wildman–Crippen LogP) is 2.42. The zero-order valence-corrected chi connectivity index (χ0v) is 14.1. The molecular formula is C16H20ClN3O3. The molecule has 0 bridgehead atoms. The number of nitriles is 1. The molecule has 2 N–H and O–H groups in total. The second-order valence-corrected chi connectivity index (χ2v) is 6.35. The number of hydrogen-bond donors (Lipinski definition) is 2. The van der Waals surface area contributed by atoms with Gasteiger partial charge in [-0.05, 0) is 38.5 Å². The van der Waals surface area contributed by atoms with Crippen LogP contribution in [0.3, 0.4) is 0 Å². The first-order valence-electron chi connectivity index (χ1n) is 7.10. The Balaban J connectivity index is 2.82. The van der Waals surface area contributed by atoms with E-state index in [1.807, 2.05) is 6.07 Å². The molecule has 0 aliphatic rings. The average Bonchev–Trinajstić information content (AvgIpc) is 2.42. The number of benzene rings is 1. The molecule has 0 spiro atoms. The van der Waals surface area contributed by atoms with Crippen molar-refractivity contribution >= 4 is 23.6 Å². The van der Waals surface area contributed by atoms with Crippen molar-refractivity contribution < 1.29 is 14.3 Å². The Morgan fingerprint density at radius 2 is 2.09 bits per heavy atom. The number of rotatable bonds is 5. The van der Waals surface area contributed by atoms with Gasteiger partial charge in [-0.2, -0.15) is 5.26 Å². The maximum atomic E-state index is 12.1. The van der Waals surface area contributed by atoms with Crippen LogP contribution in [0, 0.1) is 11.3 Å². The predicted molar refractivity (Wildman–Crippen MR) is 86.9 cm³/mol. The molecule has 0 aliphatic heterocycles. The van der Waals surface area contributed by atoms with Crippen LogP contribution in [-0.2, 0) is 16.0 Å². The SMILES string of the molecule is CC(C)(C)OC(=O)NC(Cc1cccc(Cl)c1)C(=O)NCC#N. The minimum atomic E-state index is -0.864. The summed E-state index contributed by atoms with van der Waals surface area (Å²) in [5, 5.41) is 14.1. The van der Waals surface area contributed by atoms with Crippen molar-refractivity contribution in [1.29, 1.82) is 5.26 Å². The maximum absolute atomic E-state index is 12.1. The highest BCUT2D eigenvalue weighted by molar-refractivity contribution is 6.30. The molecule has 0 heterocycles. The van der Waals surface area contributed by atoms with Crippen LogP contribution in [0.15, 0.2) is 24.3 Å². The van der Waals surface area contributed by atoms with E-state index in [1.54, 1.807) is 45.0 Å². The molecule has 0 fully saturated rings. The van der Waals surface area contributed by atoms with Crippen molar-refractivity contribution in [2.75, 3.05) is 6.54 Å². The molecule has 6 nitrogen and oxygen atoms in total. The zero-order valence-electron chi connectivity index (χ0n) is 13.4. The van der Waals surface area contributed by atoms with E-state index in [0.717, 1.165) is 5.56 Å². The van der Waals surface area contributed by atoms with E-state index < -0.39 is 23.6 Å². The lowest BCUT2D eigenvalue weighted by Crippen LogP contribution is -2.49. The molecule has 124 valence electrons. The Hall–Kier alpha value is -2.26. The van der Waals surface area contributed by atoms with E-state index in [9.17, 15) is 9.59 Å². The summed E-state index contributed by atoms with van der Waals surface area (Å²) in [4.78, 5) is 24.0. The first-order valence-corrected chi connectivity index (χ1v) is 7.47. The molecule has 0 saturated carbocycles. The molecule has 1 rings (SSSR count). The van der Waals surface area contributed by atoms with Gasteiger partial charge in [-0.25, -0.2) is 4.79 Å². The largest absolute Gasteiger partial charge is 0.444 e. The number of amides is 2. The summed E-state index contributed by atoms with van der Waals surface area (Å²) in [7, 11) is 0. The lowest BCUT2D eigenvalue weighted by Gasteiger charge is -2.23. The van der Waals surface area contributed by atoms with Gasteiger partial charge in [0.2, 0.25) is 5.91 Å². The number of ether oxygens (including phenoxy) is 1. The Morgan fingerprint density at radius 3 is 2.65 bits per heavy atom. The van der Waals surface area contributed by atoms with Crippen molar-refractivity contribution in [3.63, 3.8) is 0 Å². The van der Waals surface area contributed by atoms with Crippen LogP contribution >= 0.6 is 11.6 Å². The summed E-state index contributed by atoms with van der Waals surface area (Å²) in [5.74, 6) is -0.461. The Labute approximate surface area is 140 Å². The first kappa shape index (κ1) is 18.8. The standard InChI is InChI=1S/C16H20ClN3O3/c1-16(2,3)23-15(22)20-13(14(21)19-8-7-18)10-11-5-4-6-12(17)9-11/h4-6,9,13H,8,10H2,1-3H3,(H,19,21)(H,20,22). The van der Waals surface area contributed by atoms with Crippen molar-refractivity contribution in [1.82, 2.24) is 10.6 Å². The number of alkyl carbamates (subject to hydrolysis) is 1. The second-order valence-electron chi connectivity index (χ2n) is 5.91. The Kier molecular flexibility index (Phi) is 6.86. The minimum Gasteiger partial charge on any atom is -0.444 e. The fraction of sp³-hybridized carbons (Fsp3) is 0.438. The maximum Gasteiger partial charge on any atom is 0.408 e. The highest BCUT2D eigenvalue weighted by atomic mass is 35.5. The molecule has 1 unspecified atom stereocenters. The second kappa shape index (κ2) is 8.39. The summed E-state index contributed by atoms with van der Waals surface area (Å²) >= 11 is 5.93. The van der Waals surface area contributed by atoms with Gasteiger partial charge in [-0.3, -0.25) is 4.79 Å². The van der Waals surface area contributed by atoms with Crippen LogP contribution in [0.4, 0.5) is 4.79 Å². The fourth-order valence-electron chi connectivity index (χ4n) is 1.81.